The van der Waals surface area contributed by atoms with E-state index >= 15 is 0 Å². The Morgan fingerprint density at radius 3 is 2.26 bits per heavy atom. The van der Waals surface area contributed by atoms with Gasteiger partial charge in [0.25, 0.3) is 0 Å². The molecule has 0 bridgehead atoms. The molecule has 3 unspecified atom stereocenters. The van der Waals surface area contributed by atoms with Gasteiger partial charge in [0.15, 0.2) is 0 Å². The lowest BCUT2D eigenvalue weighted by molar-refractivity contribution is 0.125. The van der Waals surface area contributed by atoms with Gasteiger partial charge in [-0.05, 0) is 31.2 Å². The molecule has 2 N–H and O–H groups in total. The Morgan fingerprint density at radius 2 is 1.58 bits per heavy atom. The molecule has 1 aliphatic carbocycles. The fourth-order valence-electron chi connectivity index (χ4n) is 4.19. The Hall–Kier alpha value is -0.160. The van der Waals surface area contributed by atoms with Crippen LogP contribution in [0.25, 0.3) is 0 Å². The molecular formula is C15H30N4. The van der Waals surface area contributed by atoms with Crippen molar-refractivity contribution in [3.63, 3.8) is 0 Å². The van der Waals surface area contributed by atoms with Crippen LogP contribution in [0, 0.1) is 11.8 Å². The van der Waals surface area contributed by atoms with Gasteiger partial charge in [-0.3, -0.25) is 4.90 Å². The van der Waals surface area contributed by atoms with Crippen LogP contribution in [-0.4, -0.2) is 79.6 Å². The van der Waals surface area contributed by atoms with Crippen LogP contribution < -0.4 is 5.73 Å². The molecule has 3 fully saturated rings. The third kappa shape index (κ3) is 3.13. The second-order valence-electron chi connectivity index (χ2n) is 6.70. The number of likely N-dealkylation sites (N-methyl/N-ethyl adjacent to an activating group) is 1. The van der Waals surface area contributed by atoms with Crippen molar-refractivity contribution in [1.82, 2.24) is 14.7 Å². The quantitative estimate of drug-likeness (QED) is 0.793. The normalized spacial score (nSPS) is 37.9. The smallest absolute Gasteiger partial charge is 0.0110 e. The number of hydrogen-bond acceptors (Lipinski definition) is 4. The van der Waals surface area contributed by atoms with Crippen LogP contribution in [0.2, 0.25) is 0 Å². The zero-order valence-corrected chi connectivity index (χ0v) is 12.4. The third-order valence-corrected chi connectivity index (χ3v) is 5.63. The first kappa shape index (κ1) is 13.8. The van der Waals surface area contributed by atoms with Crippen LogP contribution in [0.5, 0.6) is 0 Å². The average Bonchev–Trinajstić information content (AvgIpc) is 2.99. The van der Waals surface area contributed by atoms with Crippen molar-refractivity contribution in [3.8, 4) is 0 Å². The zero-order chi connectivity index (χ0) is 13.2. The summed E-state index contributed by atoms with van der Waals surface area (Å²) in [5.41, 5.74) is 6.21. The van der Waals surface area contributed by atoms with Crippen molar-refractivity contribution in [2.24, 2.45) is 17.6 Å². The van der Waals surface area contributed by atoms with Crippen molar-refractivity contribution in [3.05, 3.63) is 0 Å². The van der Waals surface area contributed by atoms with Crippen molar-refractivity contribution in [1.29, 1.82) is 0 Å². The van der Waals surface area contributed by atoms with Gasteiger partial charge in [0.1, 0.15) is 0 Å². The number of nitrogens with zero attached hydrogens (tertiary/aromatic N) is 3. The summed E-state index contributed by atoms with van der Waals surface area (Å²) >= 11 is 0. The SMILES string of the molecule is CCN1CCN(CCN2CC3CCC(N)C3C2)CC1. The minimum absolute atomic E-state index is 0.489. The first-order valence-electron chi connectivity index (χ1n) is 8.19. The number of rotatable bonds is 4. The molecule has 4 heteroatoms. The molecule has 2 saturated heterocycles. The van der Waals surface area contributed by atoms with Gasteiger partial charge in [-0.1, -0.05) is 6.92 Å². The van der Waals surface area contributed by atoms with Crippen LogP contribution in [0.4, 0.5) is 0 Å². The van der Waals surface area contributed by atoms with Crippen molar-refractivity contribution in [2.75, 3.05) is 58.9 Å². The van der Waals surface area contributed by atoms with E-state index in [0.29, 0.717) is 6.04 Å². The minimum Gasteiger partial charge on any atom is -0.327 e. The molecule has 0 aromatic heterocycles. The molecule has 2 heterocycles. The van der Waals surface area contributed by atoms with E-state index in [0.717, 1.165) is 11.8 Å². The average molecular weight is 266 g/mol. The number of fused-ring (bicyclic) bond motifs is 1. The third-order valence-electron chi connectivity index (χ3n) is 5.63. The molecule has 0 radical (unpaired) electrons. The van der Waals surface area contributed by atoms with E-state index in [4.69, 9.17) is 5.73 Å². The van der Waals surface area contributed by atoms with Crippen LogP contribution in [0.1, 0.15) is 19.8 Å². The Morgan fingerprint density at radius 1 is 0.895 bits per heavy atom. The molecule has 1 saturated carbocycles. The topological polar surface area (TPSA) is 35.7 Å². The molecule has 0 aromatic carbocycles. The summed E-state index contributed by atoms with van der Waals surface area (Å²) in [6, 6.07) is 0.489. The highest BCUT2D eigenvalue weighted by Gasteiger charge is 2.40. The van der Waals surface area contributed by atoms with Gasteiger partial charge in [-0.2, -0.15) is 0 Å². The molecule has 3 aliphatic rings. The van der Waals surface area contributed by atoms with Gasteiger partial charge in [0, 0.05) is 58.4 Å². The molecule has 2 aliphatic heterocycles. The number of piperazine rings is 1. The second-order valence-corrected chi connectivity index (χ2v) is 6.70. The summed E-state index contributed by atoms with van der Waals surface area (Å²) in [4.78, 5) is 7.86. The predicted octanol–water partition coefficient (Wildman–Crippen LogP) is 0.293. The highest BCUT2D eigenvalue weighted by molar-refractivity contribution is 4.95. The Kier molecular flexibility index (Phi) is 4.42. The molecule has 19 heavy (non-hydrogen) atoms. The number of likely N-dealkylation sites (tertiary alicyclic amines) is 1. The van der Waals surface area contributed by atoms with E-state index in [9.17, 15) is 0 Å². The summed E-state index contributed by atoms with van der Waals surface area (Å²) < 4.78 is 0. The minimum atomic E-state index is 0.489. The molecule has 4 nitrogen and oxygen atoms in total. The van der Waals surface area contributed by atoms with Crippen molar-refractivity contribution < 1.29 is 0 Å². The summed E-state index contributed by atoms with van der Waals surface area (Å²) in [7, 11) is 0. The summed E-state index contributed by atoms with van der Waals surface area (Å²) in [5, 5.41) is 0. The fourth-order valence-corrected chi connectivity index (χ4v) is 4.19. The van der Waals surface area contributed by atoms with Crippen molar-refractivity contribution in [2.45, 2.75) is 25.8 Å². The molecule has 3 atom stereocenters. The van der Waals surface area contributed by atoms with E-state index < -0.39 is 0 Å². The highest BCUT2D eigenvalue weighted by Crippen LogP contribution is 2.36. The lowest BCUT2D eigenvalue weighted by atomic mass is 9.98. The molecule has 0 amide bonds. The van der Waals surface area contributed by atoms with Crippen LogP contribution in [0.15, 0.2) is 0 Å². The first-order chi connectivity index (χ1) is 9.26. The van der Waals surface area contributed by atoms with Gasteiger partial charge >= 0.3 is 0 Å². The van der Waals surface area contributed by atoms with Gasteiger partial charge in [0.2, 0.25) is 0 Å². The van der Waals surface area contributed by atoms with Crippen molar-refractivity contribution >= 4 is 0 Å². The highest BCUT2D eigenvalue weighted by atomic mass is 15.3. The lowest BCUT2D eigenvalue weighted by Gasteiger charge is -2.34. The molecule has 110 valence electrons. The van der Waals surface area contributed by atoms with Gasteiger partial charge in [-0.15, -0.1) is 0 Å². The maximum absolute atomic E-state index is 6.21. The fraction of sp³-hybridized carbons (Fsp3) is 1.00. The number of hydrogen-bond donors (Lipinski definition) is 1. The Labute approximate surface area is 117 Å². The maximum Gasteiger partial charge on any atom is 0.0110 e. The molecular weight excluding hydrogens is 236 g/mol. The van der Waals surface area contributed by atoms with Gasteiger partial charge in [-0.25, -0.2) is 0 Å². The van der Waals surface area contributed by atoms with E-state index in [1.54, 1.807) is 0 Å². The van der Waals surface area contributed by atoms with E-state index in [-0.39, 0.29) is 0 Å². The number of nitrogens with two attached hydrogens (primary N) is 1. The standard InChI is InChI=1S/C15H30N4/c1-2-17-5-7-18(8-6-17)9-10-19-11-13-3-4-15(16)14(13)12-19/h13-15H,2-12,16H2,1H3. The van der Waals surface area contributed by atoms with E-state index in [1.807, 2.05) is 0 Å². The van der Waals surface area contributed by atoms with Gasteiger partial charge < -0.3 is 15.5 Å². The second kappa shape index (κ2) is 6.08. The summed E-state index contributed by atoms with van der Waals surface area (Å²) in [5.74, 6) is 1.71. The predicted molar refractivity (Wildman–Crippen MR) is 79.2 cm³/mol. The van der Waals surface area contributed by atoms with Crippen LogP contribution in [0.3, 0.4) is 0 Å². The first-order valence-corrected chi connectivity index (χ1v) is 8.19. The Bertz CT molecular complexity index is 288. The summed E-state index contributed by atoms with van der Waals surface area (Å²) in [6.07, 6.45) is 2.64. The van der Waals surface area contributed by atoms with Crippen LogP contribution in [-0.2, 0) is 0 Å². The van der Waals surface area contributed by atoms with Crippen LogP contribution >= 0.6 is 0 Å². The lowest BCUT2D eigenvalue weighted by Crippen LogP contribution is -2.48. The Balaban J connectivity index is 1.37. The summed E-state index contributed by atoms with van der Waals surface area (Å²) in [6.45, 7) is 13.6. The molecule has 3 rings (SSSR count). The largest absolute Gasteiger partial charge is 0.327 e. The van der Waals surface area contributed by atoms with Gasteiger partial charge in [0.05, 0.1) is 0 Å². The molecule has 0 spiro atoms. The zero-order valence-electron chi connectivity index (χ0n) is 12.4. The van der Waals surface area contributed by atoms with E-state index in [2.05, 4.69) is 21.6 Å². The maximum atomic E-state index is 6.21. The molecule has 0 aromatic rings. The van der Waals surface area contributed by atoms with E-state index in [1.165, 1.54) is 71.7 Å². The monoisotopic (exact) mass is 266 g/mol.